The van der Waals surface area contributed by atoms with Crippen molar-refractivity contribution in [3.05, 3.63) is 23.1 Å². The minimum Gasteiger partial charge on any atom is -0.474 e. The van der Waals surface area contributed by atoms with Crippen LogP contribution in [-0.4, -0.2) is 89.0 Å². The van der Waals surface area contributed by atoms with Gasteiger partial charge in [-0.1, -0.05) is 0 Å². The molecule has 1 saturated carbocycles. The third kappa shape index (κ3) is 6.49. The lowest BCUT2D eigenvalue weighted by atomic mass is 10.00. The van der Waals surface area contributed by atoms with Crippen molar-refractivity contribution >= 4 is 22.5 Å². The van der Waals surface area contributed by atoms with Crippen molar-refractivity contribution < 1.29 is 31.8 Å². The molecule has 4 N–H and O–H groups in total. The van der Waals surface area contributed by atoms with Crippen molar-refractivity contribution in [1.82, 2.24) is 30.2 Å². The number of aryl methyl sites for hydroxylation is 1. The fourth-order valence-electron chi connectivity index (χ4n) is 7.12. The van der Waals surface area contributed by atoms with Gasteiger partial charge in [-0.05, 0) is 65.0 Å². The standard InChI is InChI=1S/C32H40F4N8O3/c1-18-4-9-38-10-11-39-27-22-26(24(33)25(41-28(22)47-18)20-14-21(37)40-19(2)23(20)32(34,35)36)42-29(43-27)45-17-30(6-7-30)15-44-12-8-31(16-44)5-3-13-46-31/h14,18,38H,3-13,15-17H2,1-2H3,(H2,37,40)(H,39,42,43). The smallest absolute Gasteiger partial charge is 0.418 e. The Hall–Kier alpha value is -3.56. The van der Waals surface area contributed by atoms with Crippen molar-refractivity contribution in [3.63, 3.8) is 0 Å². The first-order chi connectivity index (χ1) is 22.4. The van der Waals surface area contributed by atoms with Gasteiger partial charge in [0, 0.05) is 50.3 Å². The molecule has 7 rings (SSSR count). The fraction of sp³-hybridized carbons (Fsp3) is 0.625. The zero-order valence-corrected chi connectivity index (χ0v) is 26.6. The van der Waals surface area contributed by atoms with E-state index in [0.717, 1.165) is 64.4 Å². The molecule has 15 heteroatoms. The van der Waals surface area contributed by atoms with Gasteiger partial charge in [-0.25, -0.2) is 14.4 Å². The molecule has 47 heavy (non-hydrogen) atoms. The summed E-state index contributed by atoms with van der Waals surface area (Å²) in [6.07, 6.45) is 0.482. The lowest BCUT2D eigenvalue weighted by Crippen LogP contribution is -2.36. The van der Waals surface area contributed by atoms with Crippen molar-refractivity contribution in [2.24, 2.45) is 5.41 Å². The Bertz CT molecular complexity index is 1660. The van der Waals surface area contributed by atoms with Gasteiger partial charge in [0.1, 0.15) is 28.2 Å². The van der Waals surface area contributed by atoms with Gasteiger partial charge in [0.25, 0.3) is 0 Å². The lowest BCUT2D eigenvalue weighted by molar-refractivity contribution is -0.137. The molecular weight excluding hydrogens is 620 g/mol. The van der Waals surface area contributed by atoms with E-state index in [0.29, 0.717) is 32.7 Å². The fourth-order valence-corrected chi connectivity index (χ4v) is 7.12. The van der Waals surface area contributed by atoms with Gasteiger partial charge in [-0.15, -0.1) is 0 Å². The van der Waals surface area contributed by atoms with Crippen molar-refractivity contribution in [2.75, 3.05) is 63.5 Å². The van der Waals surface area contributed by atoms with Crippen molar-refractivity contribution in [1.29, 1.82) is 0 Å². The average Bonchev–Trinajstić information content (AvgIpc) is 3.43. The van der Waals surface area contributed by atoms with Gasteiger partial charge in [-0.3, -0.25) is 4.90 Å². The summed E-state index contributed by atoms with van der Waals surface area (Å²) in [5.74, 6) is -1.14. The molecule has 6 heterocycles. The largest absolute Gasteiger partial charge is 0.474 e. The molecule has 3 aromatic heterocycles. The number of anilines is 2. The number of likely N-dealkylation sites (tertiary alicyclic amines) is 1. The van der Waals surface area contributed by atoms with Gasteiger partial charge in [0.05, 0.1) is 29.6 Å². The summed E-state index contributed by atoms with van der Waals surface area (Å²) in [6.45, 7) is 8.51. The van der Waals surface area contributed by atoms with Crippen LogP contribution in [0.4, 0.5) is 29.2 Å². The molecule has 0 aromatic carbocycles. The Morgan fingerprint density at radius 3 is 2.68 bits per heavy atom. The molecule has 4 aliphatic rings. The van der Waals surface area contributed by atoms with Crippen LogP contribution in [0.1, 0.15) is 56.7 Å². The maximum absolute atomic E-state index is 16.6. The predicted molar refractivity (Wildman–Crippen MR) is 167 cm³/mol. The van der Waals surface area contributed by atoms with E-state index in [1.165, 1.54) is 6.92 Å². The molecule has 3 aliphatic heterocycles. The molecular formula is C32H40F4N8O3. The number of alkyl halides is 3. The van der Waals surface area contributed by atoms with Gasteiger partial charge in [-0.2, -0.15) is 23.1 Å². The monoisotopic (exact) mass is 660 g/mol. The Kier molecular flexibility index (Phi) is 8.28. The van der Waals surface area contributed by atoms with E-state index in [1.807, 2.05) is 6.92 Å². The zero-order valence-electron chi connectivity index (χ0n) is 26.6. The number of pyridine rings is 2. The Morgan fingerprint density at radius 2 is 1.94 bits per heavy atom. The first kappa shape index (κ1) is 32.0. The van der Waals surface area contributed by atoms with Crippen LogP contribution in [0, 0.1) is 18.2 Å². The summed E-state index contributed by atoms with van der Waals surface area (Å²) >= 11 is 0. The molecule has 1 spiro atoms. The number of rotatable bonds is 6. The van der Waals surface area contributed by atoms with Crippen LogP contribution in [0.15, 0.2) is 6.07 Å². The number of hydrogen-bond donors (Lipinski definition) is 3. The first-order valence-corrected chi connectivity index (χ1v) is 16.3. The third-order valence-corrected chi connectivity index (χ3v) is 9.73. The maximum atomic E-state index is 16.6. The first-order valence-electron chi connectivity index (χ1n) is 16.3. The number of ether oxygens (including phenoxy) is 3. The Balaban J connectivity index is 1.27. The number of aromatic nitrogens is 4. The molecule has 2 saturated heterocycles. The molecule has 254 valence electrons. The normalized spacial score (nSPS) is 24.6. The number of nitrogens with one attached hydrogen (secondary N) is 2. The predicted octanol–water partition coefficient (Wildman–Crippen LogP) is 4.72. The second-order valence-electron chi connectivity index (χ2n) is 13.5. The van der Waals surface area contributed by atoms with E-state index in [1.54, 1.807) is 0 Å². The van der Waals surface area contributed by atoms with Gasteiger partial charge >= 0.3 is 12.2 Å². The minimum absolute atomic E-state index is 0.0279. The SMILES string of the molecule is Cc1nc(N)cc(-c2nc3c4c(nc(OCC5(CN6CCC7(CCCO7)C6)CC5)nc4c2F)NCCNCCC(C)O3)c1C(F)(F)F. The van der Waals surface area contributed by atoms with E-state index < -0.39 is 40.6 Å². The quantitative estimate of drug-likeness (QED) is 0.317. The average molecular weight is 661 g/mol. The van der Waals surface area contributed by atoms with Crippen LogP contribution in [-0.2, 0) is 10.9 Å². The summed E-state index contributed by atoms with van der Waals surface area (Å²) in [5, 5.41) is 6.64. The highest BCUT2D eigenvalue weighted by molar-refractivity contribution is 5.96. The number of nitrogens with two attached hydrogens (primary N) is 1. The molecule has 11 nitrogen and oxygen atoms in total. The summed E-state index contributed by atoms with van der Waals surface area (Å²) < 4.78 is 78.1. The lowest BCUT2D eigenvalue weighted by Gasteiger charge is -2.26. The highest BCUT2D eigenvalue weighted by Crippen LogP contribution is 2.49. The highest BCUT2D eigenvalue weighted by atomic mass is 19.4. The van der Waals surface area contributed by atoms with Gasteiger partial charge in [0.2, 0.25) is 5.88 Å². The minimum atomic E-state index is -4.86. The maximum Gasteiger partial charge on any atom is 0.418 e. The molecule has 3 aromatic rings. The van der Waals surface area contributed by atoms with E-state index in [4.69, 9.17) is 19.9 Å². The Labute approximate surface area is 270 Å². The summed E-state index contributed by atoms with van der Waals surface area (Å²) in [5.41, 5.74) is 2.82. The van der Waals surface area contributed by atoms with E-state index in [-0.39, 0.29) is 45.4 Å². The zero-order chi connectivity index (χ0) is 33.0. The van der Waals surface area contributed by atoms with Crippen molar-refractivity contribution in [2.45, 2.75) is 70.3 Å². The topological polar surface area (TPSA) is 133 Å². The van der Waals surface area contributed by atoms with Crippen LogP contribution in [0.25, 0.3) is 22.2 Å². The highest BCUT2D eigenvalue weighted by Gasteiger charge is 2.49. The molecule has 0 amide bonds. The van der Waals surface area contributed by atoms with E-state index >= 15 is 4.39 Å². The molecule has 2 unspecified atom stereocenters. The second-order valence-corrected chi connectivity index (χ2v) is 13.5. The van der Waals surface area contributed by atoms with E-state index in [9.17, 15) is 13.2 Å². The Morgan fingerprint density at radius 1 is 1.11 bits per heavy atom. The van der Waals surface area contributed by atoms with E-state index in [2.05, 4.69) is 35.5 Å². The number of nitrogen functional groups attached to an aromatic ring is 1. The number of hydrogen-bond acceptors (Lipinski definition) is 11. The summed E-state index contributed by atoms with van der Waals surface area (Å²) in [7, 11) is 0. The van der Waals surface area contributed by atoms with Gasteiger partial charge in [0.15, 0.2) is 5.82 Å². The number of halogens is 4. The molecule has 0 radical (unpaired) electrons. The molecule has 0 bridgehead atoms. The summed E-state index contributed by atoms with van der Waals surface area (Å²) in [6, 6.07) is 0.897. The van der Waals surface area contributed by atoms with Crippen molar-refractivity contribution in [3.8, 4) is 23.1 Å². The molecule has 3 fully saturated rings. The van der Waals surface area contributed by atoms with Crippen LogP contribution in [0.5, 0.6) is 11.9 Å². The van der Waals surface area contributed by atoms with Crippen LogP contribution in [0.2, 0.25) is 0 Å². The third-order valence-electron chi connectivity index (χ3n) is 9.73. The van der Waals surface area contributed by atoms with Crippen LogP contribution >= 0.6 is 0 Å². The number of nitrogens with zero attached hydrogens (tertiary/aromatic N) is 5. The molecule has 1 aliphatic carbocycles. The van der Waals surface area contributed by atoms with Gasteiger partial charge < -0.3 is 30.6 Å². The second kappa shape index (κ2) is 12.2. The molecule has 2 atom stereocenters. The van der Waals surface area contributed by atoms with Crippen LogP contribution < -0.4 is 25.8 Å². The summed E-state index contributed by atoms with van der Waals surface area (Å²) in [4.78, 5) is 19.6. The van der Waals surface area contributed by atoms with Crippen LogP contribution in [0.3, 0.4) is 0 Å².